The molecule has 1 aromatic heterocycles. The molecule has 1 aliphatic heterocycles. The molecule has 0 bridgehead atoms. The second kappa shape index (κ2) is 7.04. The molecular weight excluding hydrogens is 268 g/mol. The van der Waals surface area contributed by atoms with Crippen molar-refractivity contribution in [2.75, 3.05) is 26.3 Å². The summed E-state index contributed by atoms with van der Waals surface area (Å²) in [5, 5.41) is 7.74. The van der Waals surface area contributed by atoms with Crippen LogP contribution in [0.3, 0.4) is 0 Å². The van der Waals surface area contributed by atoms with E-state index in [0.717, 1.165) is 5.56 Å². The van der Waals surface area contributed by atoms with Gasteiger partial charge in [-0.2, -0.15) is 5.10 Å². The Balaban J connectivity index is 1.88. The number of aromatic nitrogens is 2. The van der Waals surface area contributed by atoms with Gasteiger partial charge in [0.15, 0.2) is 0 Å². The minimum absolute atomic E-state index is 0.147. The van der Waals surface area contributed by atoms with Crippen molar-refractivity contribution in [2.45, 2.75) is 45.8 Å². The van der Waals surface area contributed by atoms with E-state index in [2.05, 4.69) is 24.3 Å². The average molecular weight is 294 g/mol. The van der Waals surface area contributed by atoms with Crippen LogP contribution >= 0.6 is 0 Å². The third-order valence-corrected chi connectivity index (χ3v) is 4.08. The Morgan fingerprint density at radius 3 is 2.57 bits per heavy atom. The minimum Gasteiger partial charge on any atom is -0.378 e. The first-order valence-electron chi connectivity index (χ1n) is 7.62. The highest BCUT2D eigenvalue weighted by Crippen LogP contribution is 2.12. The smallest absolute Gasteiger partial charge is 0.239 e. The van der Waals surface area contributed by atoms with Gasteiger partial charge in [0.2, 0.25) is 5.91 Å². The molecule has 1 saturated heterocycles. The van der Waals surface area contributed by atoms with Gasteiger partial charge >= 0.3 is 0 Å². The summed E-state index contributed by atoms with van der Waals surface area (Å²) in [6.45, 7) is 10.8. The number of nitrogens with one attached hydrogen (secondary N) is 1. The number of carbonyl (C=O) groups excluding carboxylic acids is 1. The van der Waals surface area contributed by atoms with Gasteiger partial charge < -0.3 is 15.0 Å². The summed E-state index contributed by atoms with van der Waals surface area (Å²) in [6, 6.07) is 0.153. The summed E-state index contributed by atoms with van der Waals surface area (Å²) in [4.78, 5) is 14.3. The van der Waals surface area contributed by atoms with Crippen molar-refractivity contribution in [3.05, 3.63) is 18.0 Å². The third kappa shape index (κ3) is 4.04. The molecule has 1 aliphatic rings. The summed E-state index contributed by atoms with van der Waals surface area (Å²) in [5.41, 5.74) is 1.14. The van der Waals surface area contributed by atoms with Gasteiger partial charge in [-0.1, -0.05) is 0 Å². The van der Waals surface area contributed by atoms with Gasteiger partial charge in [-0.05, 0) is 33.3 Å². The summed E-state index contributed by atoms with van der Waals surface area (Å²) >= 11 is 0. The Hall–Kier alpha value is -1.40. The van der Waals surface area contributed by atoms with Crippen LogP contribution in [0.25, 0.3) is 0 Å². The fourth-order valence-electron chi connectivity index (χ4n) is 2.55. The van der Waals surface area contributed by atoms with Crippen LogP contribution in [0.2, 0.25) is 0 Å². The van der Waals surface area contributed by atoms with Crippen LogP contribution in [-0.2, 0) is 9.53 Å². The lowest BCUT2D eigenvalue weighted by atomic mass is 10.1. The number of ether oxygens (including phenoxy) is 1. The molecule has 0 radical (unpaired) electrons. The minimum atomic E-state index is -0.197. The Labute approximate surface area is 126 Å². The van der Waals surface area contributed by atoms with E-state index < -0.39 is 0 Å². The van der Waals surface area contributed by atoms with E-state index >= 15 is 0 Å². The summed E-state index contributed by atoms with van der Waals surface area (Å²) in [5.74, 6) is 0.147. The topological polar surface area (TPSA) is 59.4 Å². The molecule has 2 heterocycles. The second-order valence-corrected chi connectivity index (χ2v) is 5.85. The fraction of sp³-hybridized carbons (Fsp3) is 0.733. The number of hydrogen-bond donors (Lipinski definition) is 1. The highest BCUT2D eigenvalue weighted by Gasteiger charge is 2.25. The van der Waals surface area contributed by atoms with Crippen molar-refractivity contribution < 1.29 is 9.53 Å². The van der Waals surface area contributed by atoms with Crippen LogP contribution in [0.4, 0.5) is 0 Å². The highest BCUT2D eigenvalue weighted by atomic mass is 16.5. The molecule has 6 heteroatoms. The largest absolute Gasteiger partial charge is 0.378 e. The molecule has 1 aromatic rings. The maximum absolute atomic E-state index is 12.4. The SMILES string of the molecule is Cc1cnn([C@H](C)[C@H](C)N[C@H](C)C(=O)N2CCOCC2)c1. The lowest BCUT2D eigenvalue weighted by Gasteiger charge is -2.31. The average Bonchev–Trinajstić information content (AvgIpc) is 2.93. The van der Waals surface area contributed by atoms with Gasteiger partial charge in [0, 0.05) is 25.3 Å². The first-order valence-corrected chi connectivity index (χ1v) is 7.62. The quantitative estimate of drug-likeness (QED) is 0.879. The zero-order chi connectivity index (χ0) is 15.4. The Morgan fingerprint density at radius 1 is 1.33 bits per heavy atom. The number of rotatable bonds is 5. The summed E-state index contributed by atoms with van der Waals surface area (Å²) in [7, 11) is 0. The van der Waals surface area contributed by atoms with Gasteiger partial charge in [0.25, 0.3) is 0 Å². The lowest BCUT2D eigenvalue weighted by molar-refractivity contribution is -0.137. The third-order valence-electron chi connectivity index (χ3n) is 4.08. The van der Waals surface area contributed by atoms with Crippen molar-refractivity contribution in [2.24, 2.45) is 0 Å². The van der Waals surface area contributed by atoms with E-state index in [4.69, 9.17) is 4.74 Å². The molecule has 3 atom stereocenters. The van der Waals surface area contributed by atoms with Crippen LogP contribution < -0.4 is 5.32 Å². The molecule has 0 aliphatic carbocycles. The zero-order valence-corrected chi connectivity index (χ0v) is 13.4. The second-order valence-electron chi connectivity index (χ2n) is 5.85. The molecule has 1 N–H and O–H groups in total. The number of carbonyl (C=O) groups is 1. The van der Waals surface area contributed by atoms with Crippen molar-refractivity contribution in [3.8, 4) is 0 Å². The number of morpholine rings is 1. The van der Waals surface area contributed by atoms with Crippen LogP contribution in [0.5, 0.6) is 0 Å². The molecule has 2 rings (SSSR count). The van der Waals surface area contributed by atoms with E-state index in [1.54, 1.807) is 0 Å². The summed E-state index contributed by atoms with van der Waals surface area (Å²) < 4.78 is 7.23. The van der Waals surface area contributed by atoms with Crippen LogP contribution in [0, 0.1) is 6.92 Å². The van der Waals surface area contributed by atoms with Crippen molar-refractivity contribution >= 4 is 5.91 Å². The molecule has 0 saturated carbocycles. The molecule has 0 unspecified atom stereocenters. The van der Waals surface area contributed by atoms with Crippen LogP contribution in [0.15, 0.2) is 12.4 Å². The van der Waals surface area contributed by atoms with Gasteiger partial charge in [-0.15, -0.1) is 0 Å². The van der Waals surface area contributed by atoms with E-state index in [1.165, 1.54) is 0 Å². The Bertz CT molecular complexity index is 468. The fourth-order valence-corrected chi connectivity index (χ4v) is 2.55. The Kier molecular flexibility index (Phi) is 5.36. The summed E-state index contributed by atoms with van der Waals surface area (Å²) in [6.07, 6.45) is 3.88. The maximum atomic E-state index is 12.4. The van der Waals surface area contributed by atoms with Crippen molar-refractivity contribution in [3.63, 3.8) is 0 Å². The van der Waals surface area contributed by atoms with Crippen molar-refractivity contribution in [1.82, 2.24) is 20.0 Å². The standard InChI is InChI=1S/C15H26N4O2/c1-11-9-16-19(10-11)14(4)12(2)17-13(3)15(20)18-5-7-21-8-6-18/h9-10,12-14,17H,5-8H2,1-4H3/t12-,13+,14+/m0/s1. The maximum Gasteiger partial charge on any atom is 0.239 e. The molecule has 1 fully saturated rings. The first-order chi connectivity index (χ1) is 9.99. The molecule has 6 nitrogen and oxygen atoms in total. The lowest BCUT2D eigenvalue weighted by Crippen LogP contribution is -2.52. The predicted molar refractivity (Wildman–Crippen MR) is 81.1 cm³/mol. The molecule has 1 amide bonds. The predicted octanol–water partition coefficient (Wildman–Crippen LogP) is 0.978. The number of nitrogens with zero attached hydrogens (tertiary/aromatic N) is 3. The molecule has 0 aromatic carbocycles. The van der Waals surface area contributed by atoms with Crippen LogP contribution in [0.1, 0.15) is 32.4 Å². The van der Waals surface area contributed by atoms with E-state index in [1.807, 2.05) is 35.8 Å². The van der Waals surface area contributed by atoms with Gasteiger partial charge in [0.1, 0.15) is 0 Å². The molecule has 21 heavy (non-hydrogen) atoms. The van der Waals surface area contributed by atoms with E-state index in [0.29, 0.717) is 26.3 Å². The molecule has 0 spiro atoms. The normalized spacial score (nSPS) is 20.1. The van der Waals surface area contributed by atoms with Gasteiger partial charge in [-0.3, -0.25) is 9.48 Å². The van der Waals surface area contributed by atoms with Gasteiger partial charge in [0.05, 0.1) is 31.5 Å². The van der Waals surface area contributed by atoms with E-state index in [-0.39, 0.29) is 24.0 Å². The first kappa shape index (κ1) is 16.0. The zero-order valence-electron chi connectivity index (χ0n) is 13.4. The number of amides is 1. The number of hydrogen-bond acceptors (Lipinski definition) is 4. The van der Waals surface area contributed by atoms with E-state index in [9.17, 15) is 4.79 Å². The molecule has 118 valence electrons. The van der Waals surface area contributed by atoms with Gasteiger partial charge in [-0.25, -0.2) is 0 Å². The van der Waals surface area contributed by atoms with Crippen LogP contribution in [-0.4, -0.2) is 59.0 Å². The Morgan fingerprint density at radius 2 is 2.00 bits per heavy atom. The number of aryl methyl sites for hydroxylation is 1. The molecular formula is C15H26N4O2. The van der Waals surface area contributed by atoms with Crippen molar-refractivity contribution in [1.29, 1.82) is 0 Å². The highest BCUT2D eigenvalue weighted by molar-refractivity contribution is 5.81. The monoisotopic (exact) mass is 294 g/mol.